The Morgan fingerprint density at radius 2 is 1.68 bits per heavy atom. The molecule has 1 amide bonds. The number of carbonyl (C=O) groups is 2. The maximum Gasteiger partial charge on any atom is 0.307 e. The van der Waals surface area contributed by atoms with E-state index in [0.29, 0.717) is 0 Å². The number of piperidine rings is 1. The van der Waals surface area contributed by atoms with Crippen molar-refractivity contribution in [2.24, 2.45) is 23.7 Å². The normalized spacial score (nSPS) is 37.5. The van der Waals surface area contributed by atoms with Crippen molar-refractivity contribution in [2.45, 2.75) is 58.9 Å². The van der Waals surface area contributed by atoms with Crippen LogP contribution in [0.4, 0.5) is 0 Å². The molecule has 2 aliphatic carbocycles. The Balaban J connectivity index is 1.93. The number of amides is 1. The van der Waals surface area contributed by atoms with Crippen molar-refractivity contribution >= 4 is 11.9 Å². The monoisotopic (exact) mass is 305 g/mol. The highest BCUT2D eigenvalue weighted by molar-refractivity contribution is 5.88. The van der Waals surface area contributed by atoms with Gasteiger partial charge in [0.05, 0.1) is 11.8 Å². The SMILES string of the molecule is CC(C)=C1[C@H]2CC[C@H]1[C@@H](C(=O)N1CCCC[C@H]1C)[C@H]2C(=O)O. The minimum Gasteiger partial charge on any atom is -0.481 e. The molecule has 2 bridgehead atoms. The highest BCUT2D eigenvalue weighted by atomic mass is 16.4. The van der Waals surface area contributed by atoms with Crippen LogP contribution in [0.5, 0.6) is 0 Å². The van der Waals surface area contributed by atoms with Crippen LogP contribution >= 0.6 is 0 Å². The van der Waals surface area contributed by atoms with Crippen molar-refractivity contribution < 1.29 is 14.7 Å². The first-order valence-electron chi connectivity index (χ1n) is 8.64. The van der Waals surface area contributed by atoms with Crippen LogP contribution in [-0.4, -0.2) is 34.5 Å². The van der Waals surface area contributed by atoms with Gasteiger partial charge >= 0.3 is 5.97 Å². The summed E-state index contributed by atoms with van der Waals surface area (Å²) >= 11 is 0. The zero-order chi connectivity index (χ0) is 16.0. The molecule has 1 heterocycles. The number of carboxylic acids is 1. The quantitative estimate of drug-likeness (QED) is 0.798. The number of aliphatic carboxylic acids is 1. The molecule has 1 saturated heterocycles. The Hall–Kier alpha value is -1.32. The topological polar surface area (TPSA) is 57.6 Å². The number of allylic oxidation sites excluding steroid dienone is 2. The molecule has 3 aliphatic rings. The second-order valence-electron chi connectivity index (χ2n) is 7.51. The second-order valence-corrected chi connectivity index (χ2v) is 7.51. The standard InChI is InChI=1S/C18H27NO3/c1-10(2)14-12-7-8-13(14)16(18(21)22)15(12)17(20)19-9-5-4-6-11(19)3/h11-13,15-16H,4-9H2,1-3H3,(H,21,22)/t11-,12-,13-,15-,16+/m1/s1. The number of hydrogen-bond acceptors (Lipinski definition) is 2. The van der Waals surface area contributed by atoms with E-state index in [-0.39, 0.29) is 29.7 Å². The first-order chi connectivity index (χ1) is 10.4. The summed E-state index contributed by atoms with van der Waals surface area (Å²) in [6, 6.07) is 0.255. The van der Waals surface area contributed by atoms with Crippen LogP contribution < -0.4 is 0 Å². The first-order valence-corrected chi connectivity index (χ1v) is 8.64. The van der Waals surface area contributed by atoms with Crippen LogP contribution in [0.25, 0.3) is 0 Å². The summed E-state index contributed by atoms with van der Waals surface area (Å²) in [5.41, 5.74) is 2.50. The van der Waals surface area contributed by atoms with Gasteiger partial charge in [0.25, 0.3) is 0 Å². The number of likely N-dealkylation sites (tertiary alicyclic amines) is 1. The van der Waals surface area contributed by atoms with Crippen molar-refractivity contribution in [3.8, 4) is 0 Å². The molecule has 0 unspecified atom stereocenters. The van der Waals surface area contributed by atoms with Crippen molar-refractivity contribution in [3.63, 3.8) is 0 Å². The molecule has 3 fully saturated rings. The Kier molecular flexibility index (Phi) is 4.04. The third kappa shape index (κ3) is 2.27. The molecule has 122 valence electrons. The molecular weight excluding hydrogens is 278 g/mol. The highest BCUT2D eigenvalue weighted by Gasteiger charge is 2.58. The van der Waals surface area contributed by atoms with Crippen LogP contribution in [-0.2, 0) is 9.59 Å². The molecule has 4 heteroatoms. The van der Waals surface area contributed by atoms with E-state index in [1.807, 2.05) is 4.90 Å². The lowest BCUT2D eigenvalue weighted by molar-refractivity contribution is -0.154. The second kappa shape index (κ2) is 5.71. The first kappa shape index (κ1) is 15.6. The van der Waals surface area contributed by atoms with Crippen LogP contribution in [0.1, 0.15) is 52.9 Å². The number of hydrogen-bond donors (Lipinski definition) is 1. The zero-order valence-electron chi connectivity index (χ0n) is 13.8. The Bertz CT molecular complexity index is 520. The van der Waals surface area contributed by atoms with Crippen LogP contribution in [0.2, 0.25) is 0 Å². The Morgan fingerprint density at radius 3 is 2.23 bits per heavy atom. The number of rotatable bonds is 2. The highest BCUT2D eigenvalue weighted by Crippen LogP contribution is 2.57. The summed E-state index contributed by atoms with van der Waals surface area (Å²) in [4.78, 5) is 26.9. The molecule has 2 saturated carbocycles. The van der Waals surface area contributed by atoms with E-state index in [1.54, 1.807) is 0 Å². The van der Waals surface area contributed by atoms with Gasteiger partial charge in [0, 0.05) is 12.6 Å². The minimum absolute atomic E-state index is 0.0848. The van der Waals surface area contributed by atoms with Crippen molar-refractivity contribution in [3.05, 3.63) is 11.1 Å². The maximum atomic E-state index is 13.1. The summed E-state index contributed by atoms with van der Waals surface area (Å²) in [5.74, 6) is -1.27. The summed E-state index contributed by atoms with van der Waals surface area (Å²) in [5, 5.41) is 9.73. The molecule has 0 aromatic rings. The molecule has 0 aromatic heterocycles. The summed E-state index contributed by atoms with van der Waals surface area (Å²) in [6.45, 7) is 7.03. The number of fused-ring (bicyclic) bond motifs is 2. The molecule has 1 N–H and O–H groups in total. The largest absolute Gasteiger partial charge is 0.481 e. The molecule has 0 aromatic carbocycles. The summed E-state index contributed by atoms with van der Waals surface area (Å²) < 4.78 is 0. The van der Waals surface area contributed by atoms with Crippen LogP contribution in [0.15, 0.2) is 11.1 Å². The molecule has 1 aliphatic heterocycles. The molecular formula is C18H27NO3. The van der Waals surface area contributed by atoms with Gasteiger partial charge < -0.3 is 10.0 Å². The predicted octanol–water partition coefficient (Wildman–Crippen LogP) is 3.08. The fourth-order valence-corrected chi connectivity index (χ4v) is 5.20. The molecule has 22 heavy (non-hydrogen) atoms. The zero-order valence-corrected chi connectivity index (χ0v) is 13.8. The van der Waals surface area contributed by atoms with Gasteiger partial charge in [-0.25, -0.2) is 0 Å². The summed E-state index contributed by atoms with van der Waals surface area (Å²) in [6.07, 6.45) is 5.17. The van der Waals surface area contributed by atoms with Gasteiger partial charge in [0.1, 0.15) is 0 Å². The third-order valence-corrected chi connectivity index (χ3v) is 6.08. The van der Waals surface area contributed by atoms with Gasteiger partial charge in [-0.2, -0.15) is 0 Å². The minimum atomic E-state index is -0.783. The van der Waals surface area contributed by atoms with E-state index in [4.69, 9.17) is 0 Å². The number of carboxylic acid groups (broad SMARTS) is 1. The van der Waals surface area contributed by atoms with Gasteiger partial charge in [-0.15, -0.1) is 0 Å². The smallest absolute Gasteiger partial charge is 0.307 e. The van der Waals surface area contributed by atoms with E-state index in [1.165, 1.54) is 17.6 Å². The molecule has 5 atom stereocenters. The van der Waals surface area contributed by atoms with Crippen LogP contribution in [0, 0.1) is 23.7 Å². The lowest BCUT2D eigenvalue weighted by Crippen LogP contribution is -2.49. The third-order valence-electron chi connectivity index (χ3n) is 6.08. The van der Waals surface area contributed by atoms with E-state index in [2.05, 4.69) is 20.8 Å². The van der Waals surface area contributed by atoms with Gasteiger partial charge in [-0.05, 0) is 64.7 Å². The molecule has 3 rings (SSSR count). The van der Waals surface area contributed by atoms with E-state index >= 15 is 0 Å². The molecule has 0 radical (unpaired) electrons. The fraction of sp³-hybridized carbons (Fsp3) is 0.778. The predicted molar refractivity (Wildman–Crippen MR) is 84.2 cm³/mol. The average molecular weight is 305 g/mol. The van der Waals surface area contributed by atoms with Gasteiger partial charge in [-0.3, -0.25) is 9.59 Å². The van der Waals surface area contributed by atoms with E-state index in [9.17, 15) is 14.7 Å². The number of nitrogens with zero attached hydrogens (tertiary/aromatic N) is 1. The summed E-state index contributed by atoms with van der Waals surface area (Å²) in [7, 11) is 0. The van der Waals surface area contributed by atoms with Gasteiger partial charge in [0.15, 0.2) is 0 Å². The van der Waals surface area contributed by atoms with Crippen molar-refractivity contribution in [1.29, 1.82) is 0 Å². The average Bonchev–Trinajstić information content (AvgIpc) is 3.02. The van der Waals surface area contributed by atoms with Crippen molar-refractivity contribution in [1.82, 2.24) is 4.90 Å². The number of carbonyl (C=O) groups excluding carboxylic acids is 1. The fourth-order valence-electron chi connectivity index (χ4n) is 5.20. The Morgan fingerprint density at radius 1 is 1.05 bits per heavy atom. The van der Waals surface area contributed by atoms with E-state index in [0.717, 1.165) is 32.2 Å². The lowest BCUT2D eigenvalue weighted by Gasteiger charge is -2.38. The van der Waals surface area contributed by atoms with Crippen LogP contribution in [0.3, 0.4) is 0 Å². The van der Waals surface area contributed by atoms with Crippen molar-refractivity contribution in [2.75, 3.05) is 6.54 Å². The van der Waals surface area contributed by atoms with E-state index < -0.39 is 11.9 Å². The van der Waals surface area contributed by atoms with Gasteiger partial charge in [-0.1, -0.05) is 11.1 Å². The van der Waals surface area contributed by atoms with Gasteiger partial charge in [0.2, 0.25) is 5.91 Å². The molecule has 4 nitrogen and oxygen atoms in total. The molecule has 0 spiro atoms. The maximum absolute atomic E-state index is 13.1. The lowest BCUT2D eigenvalue weighted by atomic mass is 9.78. The Labute approximate surface area is 132 Å².